The predicted octanol–water partition coefficient (Wildman–Crippen LogP) is 2.38. The molecule has 1 fully saturated rings. The first-order valence-electron chi connectivity index (χ1n) is 5.78. The molecular formula is C11H19N3S. The summed E-state index contributed by atoms with van der Waals surface area (Å²) in [6.07, 6.45) is 4.96. The van der Waals surface area contributed by atoms with Gasteiger partial charge in [0.25, 0.3) is 0 Å². The second kappa shape index (κ2) is 5.03. The van der Waals surface area contributed by atoms with Crippen molar-refractivity contribution >= 4 is 11.3 Å². The zero-order chi connectivity index (χ0) is 10.7. The molecule has 0 spiro atoms. The highest BCUT2D eigenvalue weighted by Crippen LogP contribution is 2.20. The van der Waals surface area contributed by atoms with Gasteiger partial charge in [-0.25, -0.2) is 0 Å². The number of hydrogen-bond donors (Lipinski definition) is 1. The molecule has 0 aromatic carbocycles. The van der Waals surface area contributed by atoms with E-state index in [4.69, 9.17) is 0 Å². The van der Waals surface area contributed by atoms with Crippen molar-refractivity contribution in [2.45, 2.75) is 52.1 Å². The van der Waals surface area contributed by atoms with Crippen molar-refractivity contribution in [3.63, 3.8) is 0 Å². The van der Waals surface area contributed by atoms with Crippen LogP contribution in [0.1, 0.15) is 43.1 Å². The molecule has 1 aliphatic rings. The van der Waals surface area contributed by atoms with Gasteiger partial charge in [-0.15, -0.1) is 21.5 Å². The lowest BCUT2D eigenvalue weighted by atomic mass is 10.1. The number of rotatable bonds is 6. The molecule has 84 valence electrons. The molecule has 2 rings (SSSR count). The van der Waals surface area contributed by atoms with Gasteiger partial charge >= 0.3 is 0 Å². The maximum Gasteiger partial charge on any atom is 0.131 e. The third-order valence-corrected chi connectivity index (χ3v) is 3.55. The number of aryl methyl sites for hydroxylation is 1. The molecule has 1 saturated carbocycles. The van der Waals surface area contributed by atoms with Crippen LogP contribution >= 0.6 is 11.3 Å². The second-order valence-electron chi connectivity index (χ2n) is 4.68. The smallest absolute Gasteiger partial charge is 0.131 e. The molecule has 0 atom stereocenters. The van der Waals surface area contributed by atoms with Crippen molar-refractivity contribution in [1.29, 1.82) is 0 Å². The minimum absolute atomic E-state index is 0.752. The van der Waals surface area contributed by atoms with Crippen molar-refractivity contribution in [2.75, 3.05) is 0 Å². The van der Waals surface area contributed by atoms with Crippen LogP contribution in [-0.4, -0.2) is 16.2 Å². The summed E-state index contributed by atoms with van der Waals surface area (Å²) in [4.78, 5) is 0. The van der Waals surface area contributed by atoms with Crippen molar-refractivity contribution in [3.05, 3.63) is 10.0 Å². The Bertz CT molecular complexity index is 284. The molecule has 0 unspecified atom stereocenters. The maximum atomic E-state index is 4.22. The SMILES string of the molecule is CC(C)CCc1nnc(CNC2CC2)s1. The van der Waals surface area contributed by atoms with Gasteiger partial charge in [0.15, 0.2) is 0 Å². The molecule has 1 aromatic heterocycles. The van der Waals surface area contributed by atoms with E-state index in [0.717, 1.165) is 29.9 Å². The third kappa shape index (κ3) is 3.87. The highest BCUT2D eigenvalue weighted by Gasteiger charge is 2.20. The van der Waals surface area contributed by atoms with Gasteiger partial charge in [-0.05, 0) is 25.2 Å². The van der Waals surface area contributed by atoms with Crippen LogP contribution in [0, 0.1) is 5.92 Å². The van der Waals surface area contributed by atoms with Gasteiger partial charge in [0.2, 0.25) is 0 Å². The summed E-state index contributed by atoms with van der Waals surface area (Å²) >= 11 is 1.76. The van der Waals surface area contributed by atoms with Gasteiger partial charge in [0.1, 0.15) is 10.0 Å². The quantitative estimate of drug-likeness (QED) is 0.807. The van der Waals surface area contributed by atoms with Crippen LogP contribution in [0.25, 0.3) is 0 Å². The van der Waals surface area contributed by atoms with E-state index in [0.29, 0.717) is 0 Å². The van der Waals surface area contributed by atoms with Crippen LogP contribution in [0.3, 0.4) is 0 Å². The Morgan fingerprint density at radius 2 is 2.07 bits per heavy atom. The van der Waals surface area contributed by atoms with Gasteiger partial charge in [-0.2, -0.15) is 0 Å². The van der Waals surface area contributed by atoms with Crippen molar-refractivity contribution < 1.29 is 0 Å². The van der Waals surface area contributed by atoms with E-state index in [1.54, 1.807) is 11.3 Å². The van der Waals surface area contributed by atoms with Gasteiger partial charge in [0.05, 0.1) is 0 Å². The van der Waals surface area contributed by atoms with E-state index < -0.39 is 0 Å². The molecule has 4 heteroatoms. The predicted molar refractivity (Wildman–Crippen MR) is 62.9 cm³/mol. The summed E-state index contributed by atoms with van der Waals surface area (Å²) in [6.45, 7) is 5.40. The van der Waals surface area contributed by atoms with E-state index in [1.165, 1.54) is 24.3 Å². The summed E-state index contributed by atoms with van der Waals surface area (Å²) in [5, 5.41) is 14.2. The van der Waals surface area contributed by atoms with E-state index in [-0.39, 0.29) is 0 Å². The van der Waals surface area contributed by atoms with Gasteiger partial charge in [-0.3, -0.25) is 0 Å². The molecule has 15 heavy (non-hydrogen) atoms. The molecule has 0 radical (unpaired) electrons. The Labute approximate surface area is 95.3 Å². The fraction of sp³-hybridized carbons (Fsp3) is 0.818. The Hall–Kier alpha value is -0.480. The third-order valence-electron chi connectivity index (χ3n) is 2.56. The summed E-state index contributed by atoms with van der Waals surface area (Å²) in [6, 6.07) is 0.757. The Balaban J connectivity index is 1.75. The molecule has 1 N–H and O–H groups in total. The topological polar surface area (TPSA) is 37.8 Å². The largest absolute Gasteiger partial charge is 0.308 e. The number of aromatic nitrogens is 2. The number of nitrogens with zero attached hydrogens (tertiary/aromatic N) is 2. The summed E-state index contributed by atoms with van der Waals surface area (Å²) in [7, 11) is 0. The fourth-order valence-corrected chi connectivity index (χ4v) is 2.20. The minimum atomic E-state index is 0.752. The summed E-state index contributed by atoms with van der Waals surface area (Å²) in [5.41, 5.74) is 0. The average Bonchev–Trinajstić information content (AvgIpc) is 2.92. The fourth-order valence-electron chi connectivity index (χ4n) is 1.39. The van der Waals surface area contributed by atoms with Crippen LogP contribution in [-0.2, 0) is 13.0 Å². The van der Waals surface area contributed by atoms with Crippen LogP contribution in [0.2, 0.25) is 0 Å². The normalized spacial score (nSPS) is 16.2. The van der Waals surface area contributed by atoms with Crippen molar-refractivity contribution in [3.8, 4) is 0 Å². The standard InChI is InChI=1S/C11H19N3S/c1-8(2)3-6-10-13-14-11(15-10)7-12-9-4-5-9/h8-9,12H,3-7H2,1-2H3. The Kier molecular flexibility index (Phi) is 3.70. The molecular weight excluding hydrogens is 206 g/mol. The average molecular weight is 225 g/mol. The summed E-state index contributed by atoms with van der Waals surface area (Å²) in [5.74, 6) is 0.752. The van der Waals surface area contributed by atoms with Gasteiger partial charge in [-0.1, -0.05) is 13.8 Å². The van der Waals surface area contributed by atoms with Crippen LogP contribution in [0.5, 0.6) is 0 Å². The van der Waals surface area contributed by atoms with Crippen LogP contribution in [0.4, 0.5) is 0 Å². The van der Waals surface area contributed by atoms with Crippen molar-refractivity contribution in [2.24, 2.45) is 5.92 Å². The molecule has 0 aliphatic heterocycles. The highest BCUT2D eigenvalue weighted by atomic mass is 32.1. The zero-order valence-corrected chi connectivity index (χ0v) is 10.3. The van der Waals surface area contributed by atoms with Gasteiger partial charge < -0.3 is 5.32 Å². The zero-order valence-electron chi connectivity index (χ0n) is 9.49. The molecule has 1 aliphatic carbocycles. The van der Waals surface area contributed by atoms with E-state index in [9.17, 15) is 0 Å². The lowest BCUT2D eigenvalue weighted by Gasteiger charge is -1.99. The van der Waals surface area contributed by atoms with Crippen LogP contribution in [0.15, 0.2) is 0 Å². The Morgan fingerprint density at radius 1 is 1.33 bits per heavy atom. The van der Waals surface area contributed by atoms with E-state index in [2.05, 4.69) is 29.4 Å². The molecule has 1 heterocycles. The first-order chi connectivity index (χ1) is 7.24. The minimum Gasteiger partial charge on any atom is -0.308 e. The monoisotopic (exact) mass is 225 g/mol. The molecule has 0 bridgehead atoms. The van der Waals surface area contributed by atoms with Crippen LogP contribution < -0.4 is 5.32 Å². The lowest BCUT2D eigenvalue weighted by Crippen LogP contribution is -2.14. The van der Waals surface area contributed by atoms with Crippen molar-refractivity contribution in [1.82, 2.24) is 15.5 Å². The molecule has 1 aromatic rings. The lowest BCUT2D eigenvalue weighted by molar-refractivity contribution is 0.583. The molecule has 0 saturated heterocycles. The Morgan fingerprint density at radius 3 is 2.73 bits per heavy atom. The molecule has 0 amide bonds. The first kappa shape index (κ1) is 11.0. The highest BCUT2D eigenvalue weighted by molar-refractivity contribution is 7.11. The number of nitrogens with one attached hydrogen (secondary N) is 1. The second-order valence-corrected chi connectivity index (χ2v) is 5.82. The molecule has 3 nitrogen and oxygen atoms in total. The number of hydrogen-bond acceptors (Lipinski definition) is 4. The van der Waals surface area contributed by atoms with Gasteiger partial charge in [0, 0.05) is 19.0 Å². The first-order valence-corrected chi connectivity index (χ1v) is 6.60. The maximum absolute atomic E-state index is 4.22. The van der Waals surface area contributed by atoms with E-state index >= 15 is 0 Å². The summed E-state index contributed by atoms with van der Waals surface area (Å²) < 4.78 is 0. The van der Waals surface area contributed by atoms with E-state index in [1.807, 2.05) is 0 Å².